The summed E-state index contributed by atoms with van der Waals surface area (Å²) in [4.78, 5) is 0. The van der Waals surface area contributed by atoms with Crippen molar-refractivity contribution in [2.24, 2.45) is 35.0 Å². The third-order valence-electron chi connectivity index (χ3n) is 7.04. The van der Waals surface area contributed by atoms with Crippen LogP contribution in [0.3, 0.4) is 0 Å². The van der Waals surface area contributed by atoms with Gasteiger partial charge in [-0.3, -0.25) is 0 Å². The van der Waals surface area contributed by atoms with E-state index in [2.05, 4.69) is 31.1 Å². The first kappa shape index (κ1) is 12.8. The van der Waals surface area contributed by atoms with Gasteiger partial charge in [0.05, 0.1) is 0 Å². The van der Waals surface area contributed by atoms with E-state index in [1.54, 1.807) is 5.57 Å². The molecule has 4 aliphatic carbocycles. The average molecular weight is 266 g/mol. The quantitative estimate of drug-likeness (QED) is 0.543. The lowest BCUT2D eigenvalue weighted by molar-refractivity contribution is -0.000194. The number of hydrogen-bond acceptors (Lipinski definition) is 0. The maximum Gasteiger partial charge on any atom is 0.0419 e. The van der Waals surface area contributed by atoms with Crippen LogP contribution in [0.1, 0.15) is 51.9 Å². The highest BCUT2D eigenvalue weighted by atomic mass is 14.6. The molecule has 0 heteroatoms. The summed E-state index contributed by atoms with van der Waals surface area (Å²) >= 11 is 0. The molecule has 0 saturated heterocycles. The number of allylic oxidation sites excluding steroid dienone is 4. The van der Waals surface area contributed by atoms with Gasteiger partial charge in [0.1, 0.15) is 0 Å². The molecule has 0 aromatic carbocycles. The van der Waals surface area contributed by atoms with Crippen LogP contribution in [0, 0.1) is 47.3 Å². The topological polar surface area (TPSA) is 0 Å². The van der Waals surface area contributed by atoms with Crippen LogP contribution in [-0.4, -0.2) is 0 Å². The number of rotatable bonds is 0. The van der Waals surface area contributed by atoms with Gasteiger partial charge in [-0.05, 0) is 73.2 Å². The molecule has 20 heavy (non-hydrogen) atoms. The second-order valence-electron chi connectivity index (χ2n) is 7.88. The fraction of sp³-hybridized carbons (Fsp3) is 0.700. The van der Waals surface area contributed by atoms with Crippen molar-refractivity contribution in [2.45, 2.75) is 51.9 Å². The lowest BCUT2D eigenvalue weighted by Gasteiger charge is -2.53. The molecule has 0 aromatic heterocycles. The van der Waals surface area contributed by atoms with Gasteiger partial charge in [0.25, 0.3) is 0 Å². The first-order valence-electron chi connectivity index (χ1n) is 8.57. The van der Waals surface area contributed by atoms with Gasteiger partial charge in [0.15, 0.2) is 0 Å². The minimum absolute atomic E-state index is 0.400. The number of hydrogen-bond donors (Lipinski definition) is 0. The van der Waals surface area contributed by atoms with E-state index < -0.39 is 0 Å². The lowest BCUT2D eigenvalue weighted by atomic mass is 9.51. The smallest absolute Gasteiger partial charge is 0.0419 e. The normalized spacial score (nSPS) is 49.6. The maximum atomic E-state index is 5.94. The maximum absolute atomic E-state index is 5.94. The van der Waals surface area contributed by atoms with Gasteiger partial charge in [0, 0.05) is 5.92 Å². The van der Waals surface area contributed by atoms with E-state index in [1.165, 1.54) is 44.9 Å². The van der Waals surface area contributed by atoms with E-state index in [-0.39, 0.29) is 0 Å². The fourth-order valence-electron chi connectivity index (χ4n) is 6.10. The first-order valence-corrected chi connectivity index (χ1v) is 8.57. The molecular formula is C20H26. The number of terminal acetylenes is 1. The van der Waals surface area contributed by atoms with Crippen LogP contribution in [0.4, 0.5) is 0 Å². The summed E-state index contributed by atoms with van der Waals surface area (Å²) in [5, 5.41) is 0. The summed E-state index contributed by atoms with van der Waals surface area (Å²) in [7, 11) is 0. The molecule has 0 radical (unpaired) electrons. The molecule has 0 N–H and O–H groups in total. The van der Waals surface area contributed by atoms with E-state index in [0.717, 1.165) is 23.7 Å². The van der Waals surface area contributed by atoms with Crippen molar-refractivity contribution in [1.82, 2.24) is 0 Å². The Kier molecular flexibility index (Phi) is 2.88. The van der Waals surface area contributed by atoms with Crippen molar-refractivity contribution in [3.63, 3.8) is 0 Å². The van der Waals surface area contributed by atoms with Gasteiger partial charge in [0.2, 0.25) is 0 Å². The summed E-state index contributed by atoms with van der Waals surface area (Å²) in [5.41, 5.74) is 2.17. The van der Waals surface area contributed by atoms with Crippen molar-refractivity contribution < 1.29 is 0 Å². The Balaban J connectivity index is 1.76. The average Bonchev–Trinajstić information content (AvgIpc) is 2.87. The van der Waals surface area contributed by atoms with Crippen molar-refractivity contribution in [1.29, 1.82) is 0 Å². The largest absolute Gasteiger partial charge is 0.119 e. The molecule has 0 unspecified atom stereocenters. The van der Waals surface area contributed by atoms with Gasteiger partial charge >= 0.3 is 0 Å². The standard InChI is InChI=1S/C20H26/c1-3-14-13-15-7-4-5-8-16(15)17-10-12-20(2)11-6-9-18(20)19(14)17/h1,4,7,13-14,16-19H,5-6,8-12H2,2H3/t14-,16+,17-,18+,19-,20+/m1/s1. The summed E-state index contributed by atoms with van der Waals surface area (Å²) in [6, 6.07) is 0. The van der Waals surface area contributed by atoms with Gasteiger partial charge in [-0.2, -0.15) is 0 Å². The van der Waals surface area contributed by atoms with Crippen LogP contribution in [0.15, 0.2) is 23.8 Å². The van der Waals surface area contributed by atoms with Crippen LogP contribution in [0.25, 0.3) is 0 Å². The molecular weight excluding hydrogens is 240 g/mol. The fourth-order valence-corrected chi connectivity index (χ4v) is 6.10. The molecule has 0 amide bonds. The highest BCUT2D eigenvalue weighted by Crippen LogP contribution is 2.61. The highest BCUT2D eigenvalue weighted by molar-refractivity contribution is 5.33. The van der Waals surface area contributed by atoms with E-state index in [9.17, 15) is 0 Å². The van der Waals surface area contributed by atoms with Crippen molar-refractivity contribution in [3.8, 4) is 12.3 Å². The Morgan fingerprint density at radius 1 is 1.25 bits per heavy atom. The van der Waals surface area contributed by atoms with Gasteiger partial charge in [-0.15, -0.1) is 6.42 Å². The predicted octanol–water partition coefficient (Wildman–Crippen LogP) is 4.97. The summed E-state index contributed by atoms with van der Waals surface area (Å²) in [5.74, 6) is 6.92. The molecule has 0 aliphatic heterocycles. The van der Waals surface area contributed by atoms with Crippen LogP contribution in [0.5, 0.6) is 0 Å². The zero-order chi connectivity index (χ0) is 13.7. The summed E-state index contributed by atoms with van der Waals surface area (Å²) < 4.78 is 0. The molecule has 0 aromatic rings. The van der Waals surface area contributed by atoms with Crippen LogP contribution < -0.4 is 0 Å². The van der Waals surface area contributed by atoms with Crippen molar-refractivity contribution in [3.05, 3.63) is 23.8 Å². The van der Waals surface area contributed by atoms with E-state index in [4.69, 9.17) is 6.42 Å². The zero-order valence-corrected chi connectivity index (χ0v) is 12.6. The molecule has 2 fully saturated rings. The second-order valence-corrected chi connectivity index (χ2v) is 7.88. The lowest BCUT2D eigenvalue weighted by Crippen LogP contribution is -2.46. The van der Waals surface area contributed by atoms with Crippen LogP contribution >= 0.6 is 0 Å². The van der Waals surface area contributed by atoms with Crippen molar-refractivity contribution in [2.75, 3.05) is 0 Å². The second kappa shape index (κ2) is 4.52. The van der Waals surface area contributed by atoms with Crippen molar-refractivity contribution >= 4 is 0 Å². The molecule has 2 saturated carbocycles. The van der Waals surface area contributed by atoms with Crippen LogP contribution in [-0.2, 0) is 0 Å². The molecule has 0 heterocycles. The van der Waals surface area contributed by atoms with Gasteiger partial charge in [-0.25, -0.2) is 0 Å². The Labute approximate surface area is 123 Å². The molecule has 4 rings (SSSR count). The Morgan fingerprint density at radius 3 is 3.00 bits per heavy atom. The molecule has 6 atom stereocenters. The Morgan fingerprint density at radius 2 is 2.15 bits per heavy atom. The SMILES string of the molecule is C#C[C@@H]1C=C2C=CCC[C@@H]2[C@H]2CC[C@]3(C)CCC[C@H]3[C@@H]21. The minimum Gasteiger partial charge on any atom is -0.119 e. The third kappa shape index (κ3) is 1.68. The van der Waals surface area contributed by atoms with Gasteiger partial charge < -0.3 is 0 Å². The number of fused-ring (bicyclic) bond motifs is 5. The molecule has 0 spiro atoms. The third-order valence-corrected chi connectivity index (χ3v) is 7.04. The predicted molar refractivity (Wildman–Crippen MR) is 83.9 cm³/mol. The summed E-state index contributed by atoms with van der Waals surface area (Å²) in [6.45, 7) is 2.55. The highest BCUT2D eigenvalue weighted by Gasteiger charge is 2.53. The van der Waals surface area contributed by atoms with E-state index in [0.29, 0.717) is 11.3 Å². The molecule has 106 valence electrons. The summed E-state index contributed by atoms with van der Waals surface area (Å²) in [6.07, 6.45) is 22.9. The van der Waals surface area contributed by atoms with Crippen LogP contribution in [0.2, 0.25) is 0 Å². The molecule has 4 aliphatic rings. The van der Waals surface area contributed by atoms with E-state index in [1.807, 2.05) is 0 Å². The zero-order valence-electron chi connectivity index (χ0n) is 12.6. The van der Waals surface area contributed by atoms with E-state index >= 15 is 0 Å². The van der Waals surface area contributed by atoms with Gasteiger partial charge in [-0.1, -0.05) is 37.5 Å². The first-order chi connectivity index (χ1) is 9.73. The Bertz CT molecular complexity index is 503. The molecule has 0 nitrogen and oxygen atoms in total. The Hall–Kier alpha value is -0.960. The monoisotopic (exact) mass is 266 g/mol. The minimum atomic E-state index is 0.400. The molecule has 0 bridgehead atoms.